The minimum Gasteiger partial charge on any atom is -0.465 e. The fourth-order valence-electron chi connectivity index (χ4n) is 2.17. The van der Waals surface area contributed by atoms with Gasteiger partial charge in [0, 0.05) is 0 Å². The highest BCUT2D eigenvalue weighted by Gasteiger charge is 2.31. The number of anilines is 1. The van der Waals surface area contributed by atoms with E-state index < -0.39 is 44.1 Å². The number of benzene rings is 2. The first kappa shape index (κ1) is 19.7. The highest BCUT2D eigenvalue weighted by Crippen LogP contribution is 2.32. The standard InChI is InChI=1S/C16H13F4NO4S/c1-9-7-11(16(18,19)20)4-6-14(9)26(23,24)21-13-5-3-10(8-12(13)17)15(22)25-2/h3-8,21H,1-2H3. The number of sulfonamides is 1. The Morgan fingerprint density at radius 1 is 1.12 bits per heavy atom. The molecule has 10 heteroatoms. The van der Waals surface area contributed by atoms with Crippen LogP contribution in [0.25, 0.3) is 0 Å². The Labute approximate surface area is 146 Å². The maximum absolute atomic E-state index is 14.0. The molecule has 26 heavy (non-hydrogen) atoms. The molecule has 0 aliphatic carbocycles. The predicted molar refractivity (Wildman–Crippen MR) is 84.7 cm³/mol. The van der Waals surface area contributed by atoms with Gasteiger partial charge in [0.1, 0.15) is 5.82 Å². The van der Waals surface area contributed by atoms with Gasteiger partial charge in [0.2, 0.25) is 0 Å². The molecule has 2 aromatic carbocycles. The van der Waals surface area contributed by atoms with Gasteiger partial charge in [0.15, 0.2) is 0 Å². The van der Waals surface area contributed by atoms with Crippen LogP contribution in [0.1, 0.15) is 21.5 Å². The van der Waals surface area contributed by atoms with Crippen molar-refractivity contribution in [1.82, 2.24) is 0 Å². The number of esters is 1. The molecule has 0 saturated carbocycles. The van der Waals surface area contributed by atoms with Gasteiger partial charge in [-0.1, -0.05) is 0 Å². The summed E-state index contributed by atoms with van der Waals surface area (Å²) in [4.78, 5) is 10.9. The molecule has 0 unspecified atom stereocenters. The zero-order valence-electron chi connectivity index (χ0n) is 13.5. The van der Waals surface area contributed by atoms with Crippen molar-refractivity contribution in [3.8, 4) is 0 Å². The molecule has 1 N–H and O–H groups in total. The molecular weight excluding hydrogens is 378 g/mol. The normalized spacial score (nSPS) is 11.9. The van der Waals surface area contributed by atoms with Crippen molar-refractivity contribution in [2.45, 2.75) is 18.0 Å². The van der Waals surface area contributed by atoms with Crippen LogP contribution in [0.15, 0.2) is 41.3 Å². The summed E-state index contributed by atoms with van der Waals surface area (Å²) in [5.74, 6) is -1.85. The number of hydrogen-bond donors (Lipinski definition) is 1. The third-order valence-corrected chi connectivity index (χ3v) is 4.95. The maximum Gasteiger partial charge on any atom is 0.416 e. The van der Waals surface area contributed by atoms with Crippen LogP contribution in [0, 0.1) is 12.7 Å². The van der Waals surface area contributed by atoms with Crippen LogP contribution in [0.3, 0.4) is 0 Å². The van der Waals surface area contributed by atoms with Crippen molar-refractivity contribution in [3.63, 3.8) is 0 Å². The van der Waals surface area contributed by atoms with Crippen molar-refractivity contribution in [1.29, 1.82) is 0 Å². The Bertz CT molecular complexity index is 955. The third kappa shape index (κ3) is 4.13. The SMILES string of the molecule is COC(=O)c1ccc(NS(=O)(=O)c2ccc(C(F)(F)F)cc2C)c(F)c1. The Kier molecular flexibility index (Phi) is 5.26. The van der Waals surface area contributed by atoms with Crippen LogP contribution in [-0.2, 0) is 20.9 Å². The minimum atomic E-state index is -4.61. The number of carbonyl (C=O) groups excluding carboxylic acids is 1. The highest BCUT2D eigenvalue weighted by atomic mass is 32.2. The molecule has 0 aliphatic rings. The molecule has 0 spiro atoms. The molecule has 0 bridgehead atoms. The maximum atomic E-state index is 14.0. The number of rotatable bonds is 4. The van der Waals surface area contributed by atoms with E-state index in [1.54, 1.807) is 0 Å². The first-order valence-corrected chi connectivity index (χ1v) is 8.52. The number of halogens is 4. The quantitative estimate of drug-likeness (QED) is 0.637. The molecule has 2 aromatic rings. The van der Waals surface area contributed by atoms with Gasteiger partial charge in [0.05, 0.1) is 28.8 Å². The first-order chi connectivity index (χ1) is 12.0. The minimum absolute atomic E-state index is 0.126. The molecule has 0 aromatic heterocycles. The largest absolute Gasteiger partial charge is 0.465 e. The molecule has 0 saturated heterocycles. The van der Waals surface area contributed by atoms with Crippen molar-refractivity contribution in [3.05, 3.63) is 58.9 Å². The molecule has 0 fully saturated rings. The van der Waals surface area contributed by atoms with E-state index in [0.717, 1.165) is 31.4 Å². The third-order valence-electron chi connectivity index (χ3n) is 3.43. The van der Waals surface area contributed by atoms with Crippen LogP contribution in [0.4, 0.5) is 23.2 Å². The van der Waals surface area contributed by atoms with Gasteiger partial charge >= 0.3 is 12.1 Å². The zero-order chi connectivity index (χ0) is 19.7. The average molecular weight is 391 g/mol. The van der Waals surface area contributed by atoms with E-state index in [0.29, 0.717) is 12.1 Å². The Morgan fingerprint density at radius 3 is 2.27 bits per heavy atom. The predicted octanol–water partition coefficient (Wildman–Crippen LogP) is 3.74. The number of ether oxygens (including phenoxy) is 1. The van der Waals surface area contributed by atoms with E-state index in [-0.39, 0.29) is 11.1 Å². The van der Waals surface area contributed by atoms with Crippen molar-refractivity contribution < 1.29 is 35.5 Å². The topological polar surface area (TPSA) is 72.5 Å². The summed E-state index contributed by atoms with van der Waals surface area (Å²) in [6, 6.07) is 5.04. The molecule has 0 aliphatic heterocycles. The van der Waals surface area contributed by atoms with Crippen LogP contribution in [-0.4, -0.2) is 21.5 Å². The number of carbonyl (C=O) groups is 1. The Hall–Kier alpha value is -2.62. The number of aryl methyl sites for hydroxylation is 1. The number of alkyl halides is 3. The molecule has 2 rings (SSSR count). The van der Waals surface area contributed by atoms with Crippen molar-refractivity contribution in [2.24, 2.45) is 0 Å². The van der Waals surface area contributed by atoms with E-state index in [9.17, 15) is 30.8 Å². The second kappa shape index (κ2) is 6.94. The number of methoxy groups -OCH3 is 1. The van der Waals surface area contributed by atoms with Gasteiger partial charge in [0.25, 0.3) is 10.0 Å². The summed E-state index contributed by atoms with van der Waals surface area (Å²) in [7, 11) is -3.24. The van der Waals surface area contributed by atoms with E-state index in [1.807, 2.05) is 4.72 Å². The van der Waals surface area contributed by atoms with Gasteiger partial charge in [-0.05, 0) is 48.9 Å². The second-order valence-corrected chi connectivity index (χ2v) is 6.92. The van der Waals surface area contributed by atoms with Gasteiger partial charge in [-0.2, -0.15) is 13.2 Å². The molecule has 0 amide bonds. The molecule has 0 atom stereocenters. The van der Waals surface area contributed by atoms with Gasteiger partial charge in [-0.15, -0.1) is 0 Å². The van der Waals surface area contributed by atoms with Crippen LogP contribution in [0.2, 0.25) is 0 Å². The molecule has 5 nitrogen and oxygen atoms in total. The lowest BCUT2D eigenvalue weighted by molar-refractivity contribution is -0.137. The molecule has 140 valence electrons. The number of nitrogens with one attached hydrogen (secondary N) is 1. The smallest absolute Gasteiger partial charge is 0.416 e. The van der Waals surface area contributed by atoms with E-state index in [4.69, 9.17) is 0 Å². The summed E-state index contributed by atoms with van der Waals surface area (Å²) < 4.78 is 83.1. The fraction of sp³-hybridized carbons (Fsp3) is 0.188. The van der Waals surface area contributed by atoms with Crippen LogP contribution in [0.5, 0.6) is 0 Å². The van der Waals surface area contributed by atoms with Crippen LogP contribution >= 0.6 is 0 Å². The summed E-state index contributed by atoms with van der Waals surface area (Å²) in [5.41, 5.74) is -1.74. The first-order valence-electron chi connectivity index (χ1n) is 7.04. The van der Waals surface area contributed by atoms with Crippen molar-refractivity contribution in [2.75, 3.05) is 11.8 Å². The Balaban J connectivity index is 2.36. The monoisotopic (exact) mass is 391 g/mol. The summed E-state index contributed by atoms with van der Waals surface area (Å²) in [5, 5.41) is 0. The lowest BCUT2D eigenvalue weighted by atomic mass is 10.1. The molecule has 0 radical (unpaired) electrons. The van der Waals surface area contributed by atoms with E-state index in [1.165, 1.54) is 6.92 Å². The summed E-state index contributed by atoms with van der Waals surface area (Å²) >= 11 is 0. The van der Waals surface area contributed by atoms with Gasteiger partial charge in [-0.25, -0.2) is 17.6 Å². The number of hydrogen-bond acceptors (Lipinski definition) is 4. The summed E-state index contributed by atoms with van der Waals surface area (Å²) in [6.45, 7) is 1.19. The second-order valence-electron chi connectivity index (χ2n) is 5.27. The van der Waals surface area contributed by atoms with Crippen molar-refractivity contribution >= 4 is 21.7 Å². The fourth-order valence-corrected chi connectivity index (χ4v) is 3.46. The lowest BCUT2D eigenvalue weighted by Crippen LogP contribution is -2.16. The average Bonchev–Trinajstić information content (AvgIpc) is 2.54. The van der Waals surface area contributed by atoms with E-state index in [2.05, 4.69) is 4.74 Å². The van der Waals surface area contributed by atoms with Gasteiger partial charge in [-0.3, -0.25) is 4.72 Å². The highest BCUT2D eigenvalue weighted by molar-refractivity contribution is 7.92. The Morgan fingerprint density at radius 2 is 1.77 bits per heavy atom. The van der Waals surface area contributed by atoms with Gasteiger partial charge < -0.3 is 4.74 Å². The van der Waals surface area contributed by atoms with E-state index >= 15 is 0 Å². The van der Waals surface area contributed by atoms with Crippen LogP contribution < -0.4 is 4.72 Å². The lowest BCUT2D eigenvalue weighted by Gasteiger charge is -2.13. The zero-order valence-corrected chi connectivity index (χ0v) is 14.3. The molecular formula is C16H13F4NO4S. The summed E-state index contributed by atoms with van der Waals surface area (Å²) in [6.07, 6.45) is -4.61. The molecule has 0 heterocycles.